The van der Waals surface area contributed by atoms with E-state index in [4.69, 9.17) is 4.74 Å². The fourth-order valence-corrected chi connectivity index (χ4v) is 5.14. The molecule has 1 saturated heterocycles. The minimum Gasteiger partial charge on any atom is -0.495 e. The Morgan fingerprint density at radius 2 is 1.74 bits per heavy atom. The van der Waals surface area contributed by atoms with Gasteiger partial charge in [0.15, 0.2) is 0 Å². The van der Waals surface area contributed by atoms with Gasteiger partial charge in [0.1, 0.15) is 16.7 Å². The Kier molecular flexibility index (Phi) is 5.26. The number of amides is 1. The lowest BCUT2D eigenvalue weighted by Gasteiger charge is -2.35. The normalized spacial score (nSPS) is 18.2. The van der Waals surface area contributed by atoms with Crippen molar-refractivity contribution in [1.82, 2.24) is 9.62 Å². The largest absolute Gasteiger partial charge is 0.495 e. The minimum atomic E-state index is -3.94. The topological polar surface area (TPSA) is 75.7 Å². The summed E-state index contributed by atoms with van der Waals surface area (Å²) >= 11 is 0. The number of piperazine rings is 1. The predicted molar refractivity (Wildman–Crippen MR) is 103 cm³/mol. The molecule has 27 heavy (non-hydrogen) atoms. The Morgan fingerprint density at radius 1 is 1.07 bits per heavy atom. The molecular formula is C20H24N2O4S. The molecule has 0 radical (unpaired) electrons. The molecule has 0 bridgehead atoms. The zero-order chi connectivity index (χ0) is 19.8. The Bertz CT molecular complexity index is 985. The molecule has 2 aromatic carbocycles. The van der Waals surface area contributed by atoms with Crippen LogP contribution in [0, 0.1) is 20.8 Å². The zero-order valence-electron chi connectivity index (χ0n) is 15.9. The maximum absolute atomic E-state index is 13.5. The Morgan fingerprint density at radius 3 is 2.41 bits per heavy atom. The lowest BCUT2D eigenvalue weighted by Crippen LogP contribution is -2.52. The van der Waals surface area contributed by atoms with Crippen molar-refractivity contribution >= 4 is 15.9 Å². The van der Waals surface area contributed by atoms with Crippen molar-refractivity contribution < 1.29 is 17.9 Å². The number of sulfonamides is 1. The summed E-state index contributed by atoms with van der Waals surface area (Å²) in [5.74, 6) is -0.0328. The summed E-state index contributed by atoms with van der Waals surface area (Å²) in [4.78, 5) is 12.7. The van der Waals surface area contributed by atoms with E-state index in [2.05, 4.69) is 5.32 Å². The van der Waals surface area contributed by atoms with E-state index in [9.17, 15) is 13.2 Å². The first-order valence-electron chi connectivity index (χ1n) is 8.77. The minimum absolute atomic E-state index is 0.0846. The maximum atomic E-state index is 13.5. The Labute approximate surface area is 160 Å². The second-order valence-electron chi connectivity index (χ2n) is 6.75. The second kappa shape index (κ2) is 7.32. The fraction of sp³-hybridized carbons (Fsp3) is 0.350. The van der Waals surface area contributed by atoms with Crippen LogP contribution in [0.15, 0.2) is 41.3 Å². The van der Waals surface area contributed by atoms with Gasteiger partial charge in [-0.25, -0.2) is 8.42 Å². The van der Waals surface area contributed by atoms with Crippen LogP contribution in [0.5, 0.6) is 5.75 Å². The molecule has 0 saturated carbocycles. The van der Waals surface area contributed by atoms with E-state index in [1.54, 1.807) is 18.2 Å². The summed E-state index contributed by atoms with van der Waals surface area (Å²) in [6.07, 6.45) is 0. The molecule has 1 aliphatic heterocycles. The van der Waals surface area contributed by atoms with Gasteiger partial charge in [-0.1, -0.05) is 24.3 Å². The van der Waals surface area contributed by atoms with E-state index in [0.29, 0.717) is 5.56 Å². The number of benzene rings is 2. The first-order valence-corrected chi connectivity index (χ1v) is 10.2. The molecule has 1 unspecified atom stereocenters. The molecule has 144 valence electrons. The van der Waals surface area contributed by atoms with Crippen LogP contribution in [-0.4, -0.2) is 38.8 Å². The molecule has 3 rings (SSSR count). The number of nitrogens with zero attached hydrogens (tertiary/aromatic N) is 1. The molecule has 0 spiro atoms. The van der Waals surface area contributed by atoms with Crippen LogP contribution >= 0.6 is 0 Å². The number of aryl methyl sites for hydroxylation is 3. The number of carbonyl (C=O) groups excluding carboxylic acids is 1. The van der Waals surface area contributed by atoms with Gasteiger partial charge in [0.2, 0.25) is 15.9 Å². The van der Waals surface area contributed by atoms with Gasteiger partial charge < -0.3 is 10.1 Å². The second-order valence-corrected chi connectivity index (χ2v) is 8.61. The molecule has 1 amide bonds. The van der Waals surface area contributed by atoms with Crippen LogP contribution in [0.3, 0.4) is 0 Å². The highest BCUT2D eigenvalue weighted by atomic mass is 32.2. The maximum Gasteiger partial charge on any atom is 0.247 e. The number of ether oxygens (including phenoxy) is 1. The average molecular weight is 388 g/mol. The Balaban J connectivity index is 2.16. The molecule has 7 heteroatoms. The van der Waals surface area contributed by atoms with Crippen molar-refractivity contribution in [3.63, 3.8) is 0 Å². The summed E-state index contributed by atoms with van der Waals surface area (Å²) in [5.41, 5.74) is 3.34. The van der Waals surface area contributed by atoms with Gasteiger partial charge >= 0.3 is 0 Å². The van der Waals surface area contributed by atoms with Gasteiger partial charge in [-0.2, -0.15) is 4.31 Å². The quantitative estimate of drug-likeness (QED) is 0.873. The highest BCUT2D eigenvalue weighted by Gasteiger charge is 2.41. The molecule has 6 nitrogen and oxygen atoms in total. The van der Waals surface area contributed by atoms with Gasteiger partial charge in [-0.15, -0.1) is 0 Å². The summed E-state index contributed by atoms with van der Waals surface area (Å²) < 4.78 is 33.7. The summed E-state index contributed by atoms with van der Waals surface area (Å²) in [7, 11) is -2.49. The molecule has 1 atom stereocenters. The molecule has 1 aliphatic rings. The highest BCUT2D eigenvalue weighted by molar-refractivity contribution is 7.89. The average Bonchev–Trinajstić information content (AvgIpc) is 2.64. The number of carbonyl (C=O) groups is 1. The highest BCUT2D eigenvalue weighted by Crippen LogP contribution is 2.35. The van der Waals surface area contributed by atoms with Crippen molar-refractivity contribution in [2.75, 3.05) is 20.2 Å². The van der Waals surface area contributed by atoms with Crippen molar-refractivity contribution in [3.8, 4) is 5.75 Å². The van der Waals surface area contributed by atoms with Gasteiger partial charge in [0.05, 0.1) is 7.11 Å². The van der Waals surface area contributed by atoms with Crippen LogP contribution in [0.1, 0.15) is 28.3 Å². The zero-order valence-corrected chi connectivity index (χ0v) is 16.8. The standard InChI is InChI=1S/C20H24N2O4S/c1-13-7-5-6-8-16(13)19-20(23)21-9-10-22(19)27(24,25)18-12-15(3)14(2)11-17(18)26-4/h5-8,11-12,19H,9-10H2,1-4H3,(H,21,23). The van der Waals surface area contributed by atoms with E-state index in [0.717, 1.165) is 16.7 Å². The summed E-state index contributed by atoms with van der Waals surface area (Å²) in [5, 5.41) is 2.78. The fourth-order valence-electron chi connectivity index (χ4n) is 3.35. The molecule has 0 aliphatic carbocycles. The number of hydrogen-bond acceptors (Lipinski definition) is 4. The molecular weight excluding hydrogens is 364 g/mol. The van der Waals surface area contributed by atoms with Crippen LogP contribution in [0.4, 0.5) is 0 Å². The third-order valence-electron chi connectivity index (χ3n) is 5.02. The van der Waals surface area contributed by atoms with Gasteiger partial charge in [0.25, 0.3) is 0 Å². The van der Waals surface area contributed by atoms with Crippen LogP contribution in [0.2, 0.25) is 0 Å². The van der Waals surface area contributed by atoms with Crippen LogP contribution < -0.4 is 10.1 Å². The third-order valence-corrected chi connectivity index (χ3v) is 6.90. The lowest BCUT2D eigenvalue weighted by molar-refractivity contribution is -0.126. The molecule has 1 heterocycles. The summed E-state index contributed by atoms with van der Waals surface area (Å²) in [6, 6.07) is 9.77. The number of rotatable bonds is 4. The van der Waals surface area contributed by atoms with E-state index < -0.39 is 16.1 Å². The molecule has 2 aromatic rings. The summed E-state index contributed by atoms with van der Waals surface area (Å²) in [6.45, 7) is 6.10. The van der Waals surface area contributed by atoms with E-state index in [1.807, 2.05) is 39.0 Å². The van der Waals surface area contributed by atoms with Crippen LogP contribution in [-0.2, 0) is 14.8 Å². The van der Waals surface area contributed by atoms with E-state index in [-0.39, 0.29) is 29.6 Å². The SMILES string of the molecule is COc1cc(C)c(C)cc1S(=O)(=O)N1CCNC(=O)C1c1ccccc1C. The number of hydrogen-bond donors (Lipinski definition) is 1. The smallest absolute Gasteiger partial charge is 0.247 e. The van der Waals surface area contributed by atoms with E-state index >= 15 is 0 Å². The third kappa shape index (κ3) is 3.44. The van der Waals surface area contributed by atoms with Gasteiger partial charge in [-0.3, -0.25) is 4.79 Å². The number of methoxy groups -OCH3 is 1. The molecule has 0 aromatic heterocycles. The van der Waals surface area contributed by atoms with E-state index in [1.165, 1.54) is 11.4 Å². The predicted octanol–water partition coefficient (Wildman–Crippen LogP) is 2.48. The van der Waals surface area contributed by atoms with Crippen LogP contribution in [0.25, 0.3) is 0 Å². The molecule has 1 fully saturated rings. The van der Waals surface area contributed by atoms with Crippen molar-refractivity contribution in [2.45, 2.75) is 31.7 Å². The number of nitrogens with one attached hydrogen (secondary N) is 1. The van der Waals surface area contributed by atoms with Gasteiger partial charge in [0, 0.05) is 13.1 Å². The molecule has 1 N–H and O–H groups in total. The van der Waals surface area contributed by atoms with Crippen molar-refractivity contribution in [3.05, 3.63) is 58.7 Å². The van der Waals surface area contributed by atoms with Crippen molar-refractivity contribution in [1.29, 1.82) is 0 Å². The Hall–Kier alpha value is -2.38. The monoisotopic (exact) mass is 388 g/mol. The van der Waals surface area contributed by atoms with Gasteiger partial charge in [-0.05, 0) is 55.2 Å². The lowest BCUT2D eigenvalue weighted by atomic mass is 9.99. The first kappa shape index (κ1) is 19.4. The first-order chi connectivity index (χ1) is 12.8. The van der Waals surface area contributed by atoms with Crippen molar-refractivity contribution in [2.24, 2.45) is 0 Å².